The first-order chi connectivity index (χ1) is 10.3. The molecule has 2 saturated carbocycles. The summed E-state index contributed by atoms with van der Waals surface area (Å²) in [7, 11) is 2.27. The first kappa shape index (κ1) is 15.0. The summed E-state index contributed by atoms with van der Waals surface area (Å²) in [5, 5.41) is 3.80. The Labute approximate surface area is 129 Å². The number of pyridine rings is 1. The molecule has 1 heterocycles. The van der Waals surface area contributed by atoms with Crippen molar-refractivity contribution in [1.82, 2.24) is 15.2 Å². The number of aromatic nitrogens is 1. The van der Waals surface area contributed by atoms with Crippen LogP contribution < -0.4 is 5.32 Å². The average Bonchev–Trinajstić information content (AvgIpc) is 3.31. The minimum atomic E-state index is 0.503. The Morgan fingerprint density at radius 1 is 1.19 bits per heavy atom. The largest absolute Gasteiger partial charge is 0.313 e. The molecule has 0 amide bonds. The first-order valence-corrected chi connectivity index (χ1v) is 8.57. The highest BCUT2D eigenvalue weighted by Gasteiger charge is 2.34. The molecule has 0 unspecified atom stereocenters. The molecule has 21 heavy (non-hydrogen) atoms. The zero-order chi connectivity index (χ0) is 14.5. The van der Waals surface area contributed by atoms with E-state index in [0.717, 1.165) is 12.6 Å². The van der Waals surface area contributed by atoms with Gasteiger partial charge in [0.15, 0.2) is 0 Å². The van der Waals surface area contributed by atoms with Crippen molar-refractivity contribution in [2.75, 3.05) is 20.1 Å². The summed E-state index contributed by atoms with van der Waals surface area (Å²) in [5.74, 6) is 0. The van der Waals surface area contributed by atoms with Gasteiger partial charge in [0.05, 0.1) is 0 Å². The number of hydrogen-bond donors (Lipinski definition) is 1. The van der Waals surface area contributed by atoms with Crippen LogP contribution in [0, 0.1) is 5.41 Å². The quantitative estimate of drug-likeness (QED) is 0.834. The molecule has 2 aliphatic rings. The van der Waals surface area contributed by atoms with Crippen LogP contribution in [-0.2, 0) is 6.54 Å². The lowest BCUT2D eigenvalue weighted by molar-refractivity contribution is 0.113. The molecular formula is C18H29N3. The SMILES string of the molecule is CN(Cc1ccncc1)CC1(CNC2CC2)CCCCC1. The number of hydrogen-bond acceptors (Lipinski definition) is 3. The molecule has 3 heteroatoms. The number of nitrogens with one attached hydrogen (secondary N) is 1. The number of rotatable bonds is 7. The summed E-state index contributed by atoms with van der Waals surface area (Å²) in [4.78, 5) is 6.62. The van der Waals surface area contributed by atoms with Gasteiger partial charge in [-0.15, -0.1) is 0 Å². The predicted molar refractivity (Wildman–Crippen MR) is 87.1 cm³/mol. The summed E-state index contributed by atoms with van der Waals surface area (Å²) in [6, 6.07) is 5.09. The van der Waals surface area contributed by atoms with Crippen molar-refractivity contribution < 1.29 is 0 Å². The molecule has 2 aliphatic carbocycles. The maximum atomic E-state index is 4.11. The van der Waals surface area contributed by atoms with Gasteiger partial charge < -0.3 is 10.2 Å². The summed E-state index contributed by atoms with van der Waals surface area (Å²) in [6.07, 6.45) is 13.6. The van der Waals surface area contributed by atoms with Crippen LogP contribution in [0.1, 0.15) is 50.5 Å². The number of nitrogens with zero attached hydrogens (tertiary/aromatic N) is 2. The fourth-order valence-electron chi connectivity index (χ4n) is 3.77. The molecule has 0 atom stereocenters. The van der Waals surface area contributed by atoms with E-state index < -0.39 is 0 Å². The van der Waals surface area contributed by atoms with E-state index in [-0.39, 0.29) is 0 Å². The van der Waals surface area contributed by atoms with Crippen LogP contribution in [0.2, 0.25) is 0 Å². The molecular weight excluding hydrogens is 258 g/mol. The van der Waals surface area contributed by atoms with Gasteiger partial charge in [-0.1, -0.05) is 19.3 Å². The maximum absolute atomic E-state index is 4.11. The molecule has 3 rings (SSSR count). The fourth-order valence-corrected chi connectivity index (χ4v) is 3.77. The second-order valence-corrected chi connectivity index (χ2v) is 7.24. The third kappa shape index (κ3) is 4.52. The average molecular weight is 287 g/mol. The van der Waals surface area contributed by atoms with Crippen molar-refractivity contribution in [3.8, 4) is 0 Å². The lowest BCUT2D eigenvalue weighted by Gasteiger charge is -2.40. The molecule has 0 radical (unpaired) electrons. The summed E-state index contributed by atoms with van der Waals surface area (Å²) in [5.41, 5.74) is 1.87. The molecule has 2 fully saturated rings. The Morgan fingerprint density at radius 3 is 2.57 bits per heavy atom. The fraction of sp³-hybridized carbons (Fsp3) is 0.722. The van der Waals surface area contributed by atoms with Crippen molar-refractivity contribution in [3.05, 3.63) is 30.1 Å². The van der Waals surface area contributed by atoms with E-state index in [1.54, 1.807) is 0 Å². The highest BCUT2D eigenvalue weighted by molar-refractivity contribution is 5.09. The zero-order valence-corrected chi connectivity index (χ0v) is 13.4. The van der Waals surface area contributed by atoms with Crippen molar-refractivity contribution in [2.45, 2.75) is 57.5 Å². The minimum Gasteiger partial charge on any atom is -0.313 e. The normalized spacial score (nSPS) is 21.6. The molecule has 0 bridgehead atoms. The Morgan fingerprint density at radius 2 is 1.90 bits per heavy atom. The van der Waals surface area contributed by atoms with E-state index in [0.29, 0.717) is 5.41 Å². The standard InChI is InChI=1S/C18H29N3/c1-21(13-16-7-11-19-12-8-16)15-18(9-3-2-4-10-18)14-20-17-5-6-17/h7-8,11-12,17,20H,2-6,9-10,13-15H2,1H3. The zero-order valence-electron chi connectivity index (χ0n) is 13.4. The Hall–Kier alpha value is -0.930. The van der Waals surface area contributed by atoms with Gasteiger partial charge in [0.1, 0.15) is 0 Å². The Kier molecular flexibility index (Phi) is 4.91. The van der Waals surface area contributed by atoms with Gasteiger partial charge in [-0.3, -0.25) is 4.98 Å². The molecule has 1 aromatic heterocycles. The van der Waals surface area contributed by atoms with Gasteiger partial charge >= 0.3 is 0 Å². The lowest BCUT2D eigenvalue weighted by Crippen LogP contribution is -2.44. The van der Waals surface area contributed by atoms with Crippen LogP contribution in [0.25, 0.3) is 0 Å². The molecule has 0 saturated heterocycles. The second kappa shape index (κ2) is 6.89. The van der Waals surface area contributed by atoms with E-state index in [1.165, 1.54) is 63.6 Å². The topological polar surface area (TPSA) is 28.2 Å². The highest BCUT2D eigenvalue weighted by Crippen LogP contribution is 2.37. The van der Waals surface area contributed by atoms with Gasteiger partial charge in [0, 0.05) is 38.1 Å². The van der Waals surface area contributed by atoms with Crippen molar-refractivity contribution in [2.24, 2.45) is 5.41 Å². The highest BCUT2D eigenvalue weighted by atomic mass is 15.1. The van der Waals surface area contributed by atoms with Crippen molar-refractivity contribution >= 4 is 0 Å². The lowest BCUT2D eigenvalue weighted by atomic mass is 9.73. The third-order valence-corrected chi connectivity index (χ3v) is 5.06. The maximum Gasteiger partial charge on any atom is 0.0271 e. The summed E-state index contributed by atoms with van der Waals surface area (Å²) < 4.78 is 0. The van der Waals surface area contributed by atoms with Crippen LogP contribution in [0.15, 0.2) is 24.5 Å². The van der Waals surface area contributed by atoms with E-state index >= 15 is 0 Å². The molecule has 0 aliphatic heterocycles. The van der Waals surface area contributed by atoms with Crippen LogP contribution >= 0.6 is 0 Å². The first-order valence-electron chi connectivity index (χ1n) is 8.57. The van der Waals surface area contributed by atoms with Crippen LogP contribution in [0.4, 0.5) is 0 Å². The molecule has 0 aromatic carbocycles. The molecule has 1 N–H and O–H groups in total. The molecule has 3 nitrogen and oxygen atoms in total. The smallest absolute Gasteiger partial charge is 0.0271 e. The van der Waals surface area contributed by atoms with Gasteiger partial charge in [-0.2, -0.15) is 0 Å². The monoisotopic (exact) mass is 287 g/mol. The van der Waals surface area contributed by atoms with Gasteiger partial charge in [-0.25, -0.2) is 0 Å². The molecule has 0 spiro atoms. The van der Waals surface area contributed by atoms with Crippen LogP contribution in [0.3, 0.4) is 0 Å². The van der Waals surface area contributed by atoms with E-state index in [2.05, 4.69) is 34.4 Å². The second-order valence-electron chi connectivity index (χ2n) is 7.24. The van der Waals surface area contributed by atoms with Crippen molar-refractivity contribution in [1.29, 1.82) is 0 Å². The van der Waals surface area contributed by atoms with E-state index in [1.807, 2.05) is 12.4 Å². The summed E-state index contributed by atoms with van der Waals surface area (Å²) in [6.45, 7) is 3.47. The predicted octanol–water partition coefficient (Wildman–Crippen LogP) is 3.22. The van der Waals surface area contributed by atoms with Crippen LogP contribution in [0.5, 0.6) is 0 Å². The Balaban J connectivity index is 1.57. The van der Waals surface area contributed by atoms with Crippen molar-refractivity contribution in [3.63, 3.8) is 0 Å². The van der Waals surface area contributed by atoms with Crippen LogP contribution in [-0.4, -0.2) is 36.1 Å². The third-order valence-electron chi connectivity index (χ3n) is 5.06. The summed E-state index contributed by atoms with van der Waals surface area (Å²) >= 11 is 0. The minimum absolute atomic E-state index is 0.503. The van der Waals surface area contributed by atoms with Gasteiger partial charge in [0.2, 0.25) is 0 Å². The van der Waals surface area contributed by atoms with Gasteiger partial charge in [0.25, 0.3) is 0 Å². The molecule has 1 aromatic rings. The molecule has 116 valence electrons. The van der Waals surface area contributed by atoms with Gasteiger partial charge in [-0.05, 0) is 55.8 Å². The van der Waals surface area contributed by atoms with E-state index in [9.17, 15) is 0 Å². The Bertz CT molecular complexity index is 421. The van der Waals surface area contributed by atoms with E-state index in [4.69, 9.17) is 0 Å².